The first-order chi connectivity index (χ1) is 17.4. The number of fused-ring (bicyclic) bond motifs is 1. The molecular weight excluding hydrogens is 478 g/mol. The van der Waals surface area contributed by atoms with E-state index in [1.807, 2.05) is 24.3 Å². The number of rotatable bonds is 9. The molecule has 2 aromatic carbocycles. The topological polar surface area (TPSA) is 128 Å². The van der Waals surface area contributed by atoms with Crippen LogP contribution in [0.15, 0.2) is 60.7 Å². The van der Waals surface area contributed by atoms with Gasteiger partial charge in [0, 0.05) is 10.4 Å². The minimum atomic E-state index is -0.645. The molecule has 0 saturated carbocycles. The van der Waals surface area contributed by atoms with Crippen molar-refractivity contribution in [2.24, 2.45) is 5.73 Å². The van der Waals surface area contributed by atoms with Crippen LogP contribution in [0.1, 0.15) is 62.0 Å². The van der Waals surface area contributed by atoms with Crippen molar-refractivity contribution in [3.63, 3.8) is 0 Å². The summed E-state index contributed by atoms with van der Waals surface area (Å²) in [7, 11) is 0. The van der Waals surface area contributed by atoms with Crippen LogP contribution >= 0.6 is 11.3 Å². The molecule has 8 nitrogen and oxygen atoms in total. The molecule has 4 rings (SSSR count). The second kappa shape index (κ2) is 11.6. The normalized spacial score (nSPS) is 13.2. The van der Waals surface area contributed by atoms with Crippen LogP contribution in [-0.4, -0.2) is 30.3 Å². The lowest BCUT2D eigenvalue weighted by atomic mass is 9.95. The van der Waals surface area contributed by atoms with Gasteiger partial charge in [0.05, 0.1) is 18.0 Å². The Morgan fingerprint density at radius 3 is 2.31 bits per heavy atom. The van der Waals surface area contributed by atoms with E-state index < -0.39 is 30.4 Å². The second-order valence-corrected chi connectivity index (χ2v) is 9.60. The number of ether oxygens (including phenoxy) is 1. The quantitative estimate of drug-likeness (QED) is 0.382. The van der Waals surface area contributed by atoms with Gasteiger partial charge in [-0.15, -0.1) is 11.3 Å². The Morgan fingerprint density at radius 2 is 1.61 bits per heavy atom. The summed E-state index contributed by atoms with van der Waals surface area (Å²) in [5.41, 5.74) is 8.03. The largest absolute Gasteiger partial charge is 0.455 e. The number of hydrogen-bond donors (Lipinski definition) is 3. The fourth-order valence-corrected chi connectivity index (χ4v) is 5.53. The summed E-state index contributed by atoms with van der Waals surface area (Å²) in [5.74, 6) is -2.11. The molecule has 186 valence electrons. The molecular formula is C27H27N3O5S. The minimum absolute atomic E-state index is 0.157. The predicted octanol–water partition coefficient (Wildman–Crippen LogP) is 3.77. The number of aryl methyl sites for hydroxylation is 1. The van der Waals surface area contributed by atoms with Gasteiger partial charge >= 0.3 is 5.97 Å². The number of esters is 1. The van der Waals surface area contributed by atoms with Gasteiger partial charge in [-0.05, 0) is 48.9 Å². The van der Waals surface area contributed by atoms with E-state index in [0.717, 1.165) is 41.7 Å². The molecule has 36 heavy (non-hydrogen) atoms. The van der Waals surface area contributed by atoms with Gasteiger partial charge in [-0.3, -0.25) is 19.2 Å². The zero-order valence-electron chi connectivity index (χ0n) is 19.6. The van der Waals surface area contributed by atoms with Gasteiger partial charge < -0.3 is 21.1 Å². The summed E-state index contributed by atoms with van der Waals surface area (Å²) in [4.78, 5) is 50.9. The number of carbonyl (C=O) groups is 4. The lowest BCUT2D eigenvalue weighted by Crippen LogP contribution is -2.31. The minimum Gasteiger partial charge on any atom is -0.455 e. The van der Waals surface area contributed by atoms with E-state index in [1.54, 1.807) is 36.4 Å². The SMILES string of the molecule is NC(=O)c1c(NC(=O)COC(=O)CC(NC(=O)c2ccccc2)c2ccccc2)sc2c1CCCC2. The van der Waals surface area contributed by atoms with Crippen LogP contribution in [0.25, 0.3) is 0 Å². The molecule has 3 amide bonds. The van der Waals surface area contributed by atoms with E-state index in [1.165, 1.54) is 11.3 Å². The highest BCUT2D eigenvalue weighted by Gasteiger charge is 2.25. The summed E-state index contributed by atoms with van der Waals surface area (Å²) < 4.78 is 5.20. The van der Waals surface area contributed by atoms with Crippen LogP contribution in [0.4, 0.5) is 5.00 Å². The number of anilines is 1. The Labute approximate surface area is 212 Å². The Morgan fingerprint density at radius 1 is 0.944 bits per heavy atom. The lowest BCUT2D eigenvalue weighted by molar-refractivity contribution is -0.147. The maximum Gasteiger partial charge on any atom is 0.308 e. The van der Waals surface area contributed by atoms with Crippen LogP contribution in [0.2, 0.25) is 0 Å². The predicted molar refractivity (Wildman–Crippen MR) is 137 cm³/mol. The van der Waals surface area contributed by atoms with Crippen LogP contribution in [0, 0.1) is 0 Å². The number of amides is 3. The average molecular weight is 506 g/mol. The molecule has 0 saturated heterocycles. The average Bonchev–Trinajstić information content (AvgIpc) is 3.26. The number of primary amides is 1. The lowest BCUT2D eigenvalue weighted by Gasteiger charge is -2.19. The van der Waals surface area contributed by atoms with Crippen molar-refractivity contribution in [1.29, 1.82) is 0 Å². The third kappa shape index (κ3) is 6.17. The second-order valence-electron chi connectivity index (χ2n) is 8.50. The first-order valence-electron chi connectivity index (χ1n) is 11.7. The van der Waals surface area contributed by atoms with Crippen LogP contribution in [0.5, 0.6) is 0 Å². The molecule has 0 spiro atoms. The molecule has 1 aliphatic rings. The van der Waals surface area contributed by atoms with Crippen LogP contribution in [0.3, 0.4) is 0 Å². The monoisotopic (exact) mass is 505 g/mol. The van der Waals surface area contributed by atoms with Crippen molar-refractivity contribution >= 4 is 40.0 Å². The Balaban J connectivity index is 1.38. The highest BCUT2D eigenvalue weighted by molar-refractivity contribution is 7.17. The molecule has 4 N–H and O–H groups in total. The van der Waals surface area contributed by atoms with Gasteiger partial charge in [0.25, 0.3) is 17.7 Å². The van der Waals surface area contributed by atoms with E-state index in [4.69, 9.17) is 10.5 Å². The third-order valence-electron chi connectivity index (χ3n) is 5.95. The van der Waals surface area contributed by atoms with Crippen molar-refractivity contribution in [2.75, 3.05) is 11.9 Å². The molecule has 0 fully saturated rings. The third-order valence-corrected chi connectivity index (χ3v) is 7.16. The molecule has 9 heteroatoms. The smallest absolute Gasteiger partial charge is 0.308 e. The Bertz CT molecular complexity index is 1260. The summed E-state index contributed by atoms with van der Waals surface area (Å²) >= 11 is 1.34. The fraction of sp³-hybridized carbons (Fsp3) is 0.259. The van der Waals surface area contributed by atoms with E-state index in [0.29, 0.717) is 16.1 Å². The van der Waals surface area contributed by atoms with Crippen LogP contribution < -0.4 is 16.4 Å². The van der Waals surface area contributed by atoms with Gasteiger partial charge in [0.2, 0.25) is 0 Å². The highest BCUT2D eigenvalue weighted by Crippen LogP contribution is 2.37. The Kier molecular flexibility index (Phi) is 8.12. The molecule has 0 bridgehead atoms. The van der Waals surface area contributed by atoms with Crippen molar-refractivity contribution in [3.8, 4) is 0 Å². The Hall–Kier alpha value is -3.98. The molecule has 0 radical (unpaired) electrons. The molecule has 0 aliphatic heterocycles. The summed E-state index contributed by atoms with van der Waals surface area (Å²) in [6.45, 7) is -0.520. The molecule has 1 aromatic heterocycles. The standard InChI is InChI=1S/C27H27N3O5S/c28-25(33)24-19-13-7-8-14-21(19)36-27(24)30-22(31)16-35-23(32)15-20(17-9-3-1-4-10-17)29-26(34)18-11-5-2-6-12-18/h1-6,9-12,20H,7-8,13-16H2,(H2,28,33)(H,29,34)(H,30,31). The van der Waals surface area contributed by atoms with Crippen molar-refractivity contribution in [2.45, 2.75) is 38.1 Å². The molecule has 1 aliphatic carbocycles. The number of nitrogens with two attached hydrogens (primary N) is 1. The summed E-state index contributed by atoms with van der Waals surface area (Å²) in [6.07, 6.45) is 3.44. The summed E-state index contributed by atoms with van der Waals surface area (Å²) in [5, 5.41) is 5.94. The molecule has 3 aromatic rings. The number of benzene rings is 2. The highest BCUT2D eigenvalue weighted by atomic mass is 32.1. The number of hydrogen-bond acceptors (Lipinski definition) is 6. The van der Waals surface area contributed by atoms with Gasteiger partial charge in [0.15, 0.2) is 6.61 Å². The van der Waals surface area contributed by atoms with Gasteiger partial charge in [0.1, 0.15) is 5.00 Å². The van der Waals surface area contributed by atoms with E-state index in [2.05, 4.69) is 10.6 Å². The van der Waals surface area contributed by atoms with E-state index >= 15 is 0 Å². The van der Waals surface area contributed by atoms with Gasteiger partial charge in [-0.25, -0.2) is 0 Å². The van der Waals surface area contributed by atoms with E-state index in [-0.39, 0.29) is 12.3 Å². The van der Waals surface area contributed by atoms with Crippen molar-refractivity contribution in [1.82, 2.24) is 5.32 Å². The van der Waals surface area contributed by atoms with Crippen molar-refractivity contribution in [3.05, 3.63) is 87.8 Å². The molecule has 1 atom stereocenters. The maximum absolute atomic E-state index is 12.7. The van der Waals surface area contributed by atoms with Crippen LogP contribution in [-0.2, 0) is 27.2 Å². The zero-order valence-corrected chi connectivity index (χ0v) is 20.4. The first kappa shape index (κ1) is 25.1. The number of thiophene rings is 1. The van der Waals surface area contributed by atoms with Crippen molar-refractivity contribution < 1.29 is 23.9 Å². The zero-order chi connectivity index (χ0) is 25.5. The molecule has 1 unspecified atom stereocenters. The maximum atomic E-state index is 12.7. The fourth-order valence-electron chi connectivity index (χ4n) is 4.22. The number of carbonyl (C=O) groups excluding carboxylic acids is 4. The van der Waals surface area contributed by atoms with Gasteiger partial charge in [-0.2, -0.15) is 0 Å². The summed E-state index contributed by atoms with van der Waals surface area (Å²) in [6, 6.07) is 17.1. The van der Waals surface area contributed by atoms with E-state index in [9.17, 15) is 19.2 Å². The van der Waals surface area contributed by atoms with Gasteiger partial charge in [-0.1, -0.05) is 48.5 Å². The molecule has 1 heterocycles. The number of nitrogens with one attached hydrogen (secondary N) is 2. The first-order valence-corrected chi connectivity index (χ1v) is 12.5.